The molecule has 138 valence electrons. The van der Waals surface area contributed by atoms with Crippen molar-refractivity contribution >= 4 is 0 Å². The summed E-state index contributed by atoms with van der Waals surface area (Å²) in [5, 5.41) is 38.0. The molecule has 0 aromatic carbocycles. The van der Waals surface area contributed by atoms with Gasteiger partial charge in [-0.05, 0) is 6.42 Å². The molecule has 0 saturated carbocycles. The van der Waals surface area contributed by atoms with Crippen molar-refractivity contribution in [3.05, 3.63) is 0 Å². The van der Waals surface area contributed by atoms with Crippen LogP contribution in [-0.4, -0.2) is 57.9 Å². The van der Waals surface area contributed by atoms with Gasteiger partial charge in [0.05, 0.1) is 0 Å². The van der Waals surface area contributed by atoms with Crippen LogP contribution in [0.15, 0.2) is 0 Å². The van der Waals surface area contributed by atoms with Crippen molar-refractivity contribution in [3.8, 4) is 0 Å². The molecule has 0 spiro atoms. The van der Waals surface area contributed by atoms with Crippen LogP contribution in [-0.2, 0) is 9.47 Å². The van der Waals surface area contributed by atoms with Gasteiger partial charge in [0.2, 0.25) is 0 Å². The molecule has 6 nitrogen and oxygen atoms in total. The third-order valence-electron chi connectivity index (χ3n) is 4.32. The van der Waals surface area contributed by atoms with Crippen LogP contribution in [0.5, 0.6) is 0 Å². The van der Waals surface area contributed by atoms with Crippen LogP contribution in [0, 0.1) is 0 Å². The van der Waals surface area contributed by atoms with E-state index in [-0.39, 0.29) is 0 Å². The molecule has 0 radical (unpaired) electrons. The number of ether oxygens (including phenoxy) is 2. The van der Waals surface area contributed by atoms with Gasteiger partial charge in [0.25, 0.3) is 0 Å². The average Bonchev–Trinajstić information content (AvgIpc) is 2.55. The van der Waals surface area contributed by atoms with E-state index in [0.717, 1.165) is 19.3 Å². The highest BCUT2D eigenvalue weighted by molar-refractivity contribution is 4.84. The first kappa shape index (κ1) is 20.8. The van der Waals surface area contributed by atoms with Gasteiger partial charge in [-0.2, -0.15) is 0 Å². The normalized spacial score (nSPS) is 31.4. The SMILES string of the molecule is CCCCCCCCCCCCO[C@H]1OC(O)[C@@H](O)C(O)C1O. The van der Waals surface area contributed by atoms with Gasteiger partial charge in [0.15, 0.2) is 12.6 Å². The van der Waals surface area contributed by atoms with Crippen LogP contribution in [0.25, 0.3) is 0 Å². The Balaban J connectivity index is 1.96. The van der Waals surface area contributed by atoms with Crippen LogP contribution in [0.1, 0.15) is 71.1 Å². The number of hydrogen-bond acceptors (Lipinski definition) is 6. The summed E-state index contributed by atoms with van der Waals surface area (Å²) in [4.78, 5) is 0. The summed E-state index contributed by atoms with van der Waals surface area (Å²) in [5.74, 6) is 0. The van der Waals surface area contributed by atoms with Gasteiger partial charge in [-0.25, -0.2) is 0 Å². The Bertz CT molecular complexity index is 288. The molecule has 6 heteroatoms. The van der Waals surface area contributed by atoms with Gasteiger partial charge >= 0.3 is 0 Å². The predicted molar refractivity (Wildman–Crippen MR) is 86.7 cm³/mol. The van der Waals surface area contributed by atoms with E-state index in [1.165, 1.54) is 44.9 Å². The molecule has 0 amide bonds. The highest BCUT2D eigenvalue weighted by atomic mass is 16.7. The fourth-order valence-electron chi connectivity index (χ4n) is 2.76. The zero-order chi connectivity index (χ0) is 17.1. The fraction of sp³-hybridized carbons (Fsp3) is 1.00. The van der Waals surface area contributed by atoms with Gasteiger partial charge in [0.1, 0.15) is 18.3 Å². The Morgan fingerprint density at radius 3 is 1.78 bits per heavy atom. The smallest absolute Gasteiger partial charge is 0.189 e. The lowest BCUT2D eigenvalue weighted by atomic mass is 10.0. The number of hydrogen-bond donors (Lipinski definition) is 4. The zero-order valence-corrected chi connectivity index (χ0v) is 14.3. The van der Waals surface area contributed by atoms with Crippen molar-refractivity contribution in [2.75, 3.05) is 6.61 Å². The lowest BCUT2D eigenvalue weighted by Crippen LogP contribution is -2.58. The first-order valence-corrected chi connectivity index (χ1v) is 9.07. The van der Waals surface area contributed by atoms with E-state index in [0.29, 0.717) is 6.61 Å². The second-order valence-corrected chi connectivity index (χ2v) is 6.42. The summed E-state index contributed by atoms with van der Waals surface area (Å²) in [6.07, 6.45) is 5.24. The summed E-state index contributed by atoms with van der Waals surface area (Å²) in [5.41, 5.74) is 0. The van der Waals surface area contributed by atoms with Crippen LogP contribution < -0.4 is 0 Å². The molecule has 4 N–H and O–H groups in total. The molecular formula is C17H34O6. The highest BCUT2D eigenvalue weighted by Crippen LogP contribution is 2.21. The molecule has 1 fully saturated rings. The largest absolute Gasteiger partial charge is 0.387 e. The summed E-state index contributed by atoms with van der Waals surface area (Å²) < 4.78 is 10.3. The molecular weight excluding hydrogens is 300 g/mol. The van der Waals surface area contributed by atoms with Crippen LogP contribution >= 0.6 is 0 Å². The van der Waals surface area contributed by atoms with Gasteiger partial charge in [-0.3, -0.25) is 0 Å². The summed E-state index contributed by atoms with van der Waals surface area (Å²) in [6.45, 7) is 2.62. The Morgan fingerprint density at radius 2 is 1.22 bits per heavy atom. The Hall–Kier alpha value is -0.240. The molecule has 0 aromatic rings. The molecule has 0 aliphatic carbocycles. The maximum Gasteiger partial charge on any atom is 0.189 e. The quantitative estimate of drug-likeness (QED) is 0.405. The average molecular weight is 334 g/mol. The molecule has 0 aromatic heterocycles. The van der Waals surface area contributed by atoms with E-state index in [1.54, 1.807) is 0 Å². The molecule has 1 rings (SSSR count). The number of aliphatic hydroxyl groups excluding tert-OH is 4. The third kappa shape index (κ3) is 7.92. The van der Waals surface area contributed by atoms with E-state index in [9.17, 15) is 20.4 Å². The first-order chi connectivity index (χ1) is 11.1. The van der Waals surface area contributed by atoms with Crippen molar-refractivity contribution < 1.29 is 29.9 Å². The van der Waals surface area contributed by atoms with Gasteiger partial charge in [0, 0.05) is 6.61 Å². The lowest BCUT2D eigenvalue weighted by molar-refractivity contribution is -0.340. The second kappa shape index (κ2) is 12.2. The number of rotatable bonds is 12. The topological polar surface area (TPSA) is 99.4 Å². The van der Waals surface area contributed by atoms with Gasteiger partial charge < -0.3 is 29.9 Å². The van der Waals surface area contributed by atoms with Gasteiger partial charge in [-0.15, -0.1) is 0 Å². The van der Waals surface area contributed by atoms with E-state index < -0.39 is 30.9 Å². The number of aliphatic hydroxyl groups is 4. The van der Waals surface area contributed by atoms with Crippen molar-refractivity contribution in [2.24, 2.45) is 0 Å². The van der Waals surface area contributed by atoms with E-state index in [4.69, 9.17) is 9.47 Å². The third-order valence-corrected chi connectivity index (χ3v) is 4.32. The molecule has 3 unspecified atom stereocenters. The second-order valence-electron chi connectivity index (χ2n) is 6.42. The standard InChI is InChI=1S/C17H34O6/c1-2-3-4-5-6-7-8-9-10-11-12-22-17-15(20)13(18)14(19)16(21)23-17/h13-21H,2-12H2,1H3/t13?,14-,15?,16?,17-/m0/s1. The maximum absolute atomic E-state index is 9.72. The van der Waals surface area contributed by atoms with Crippen molar-refractivity contribution in [1.29, 1.82) is 0 Å². The van der Waals surface area contributed by atoms with E-state index >= 15 is 0 Å². The highest BCUT2D eigenvalue weighted by Gasteiger charge is 2.43. The fourth-order valence-corrected chi connectivity index (χ4v) is 2.76. The maximum atomic E-state index is 9.72. The molecule has 1 aliphatic heterocycles. The molecule has 1 heterocycles. The van der Waals surface area contributed by atoms with Crippen molar-refractivity contribution in [3.63, 3.8) is 0 Å². The molecule has 1 aliphatic rings. The Kier molecular flexibility index (Phi) is 11.0. The summed E-state index contributed by atoms with van der Waals surface area (Å²) in [7, 11) is 0. The van der Waals surface area contributed by atoms with Crippen LogP contribution in [0.2, 0.25) is 0 Å². The van der Waals surface area contributed by atoms with Crippen molar-refractivity contribution in [2.45, 2.75) is 102 Å². The minimum atomic E-state index is -1.54. The first-order valence-electron chi connectivity index (χ1n) is 9.07. The Morgan fingerprint density at radius 1 is 0.696 bits per heavy atom. The predicted octanol–water partition coefficient (Wildman–Crippen LogP) is 1.68. The van der Waals surface area contributed by atoms with Crippen LogP contribution in [0.3, 0.4) is 0 Å². The van der Waals surface area contributed by atoms with E-state index in [1.807, 2.05) is 0 Å². The minimum absolute atomic E-state index is 0.397. The van der Waals surface area contributed by atoms with Gasteiger partial charge in [-0.1, -0.05) is 64.7 Å². The monoisotopic (exact) mass is 334 g/mol. The molecule has 5 atom stereocenters. The number of unbranched alkanes of at least 4 members (excludes halogenated alkanes) is 9. The van der Waals surface area contributed by atoms with Crippen LogP contribution in [0.4, 0.5) is 0 Å². The zero-order valence-electron chi connectivity index (χ0n) is 14.3. The molecule has 0 bridgehead atoms. The molecule has 1 saturated heterocycles. The summed E-state index contributed by atoms with van der Waals surface area (Å²) >= 11 is 0. The lowest BCUT2D eigenvalue weighted by Gasteiger charge is -2.37. The Labute approximate surface area is 139 Å². The van der Waals surface area contributed by atoms with Crippen molar-refractivity contribution in [1.82, 2.24) is 0 Å². The van der Waals surface area contributed by atoms with E-state index in [2.05, 4.69) is 6.92 Å². The minimum Gasteiger partial charge on any atom is -0.387 e. The molecule has 23 heavy (non-hydrogen) atoms. The summed E-state index contributed by atoms with van der Waals surface area (Å²) in [6, 6.07) is 0.